The molecule has 16 heavy (non-hydrogen) atoms. The molecule has 2 rings (SSSR count). The summed E-state index contributed by atoms with van der Waals surface area (Å²) in [5, 5.41) is 8.26. The highest BCUT2D eigenvalue weighted by molar-refractivity contribution is 7.08. The van der Waals surface area contributed by atoms with E-state index in [1.807, 2.05) is 24.3 Å². The van der Waals surface area contributed by atoms with Crippen molar-refractivity contribution in [1.82, 2.24) is 0 Å². The van der Waals surface area contributed by atoms with Crippen LogP contribution in [0.1, 0.15) is 11.6 Å². The molecule has 0 aliphatic rings. The van der Waals surface area contributed by atoms with Crippen molar-refractivity contribution in [3.8, 4) is 0 Å². The van der Waals surface area contributed by atoms with Gasteiger partial charge in [-0.25, -0.2) is 0 Å². The molecule has 0 fully saturated rings. The van der Waals surface area contributed by atoms with Gasteiger partial charge < -0.3 is 11.1 Å². The lowest BCUT2D eigenvalue weighted by Gasteiger charge is -2.17. The highest BCUT2D eigenvalue weighted by Crippen LogP contribution is 2.22. The molecule has 0 bridgehead atoms. The van der Waals surface area contributed by atoms with Crippen LogP contribution in [-0.4, -0.2) is 6.54 Å². The molecule has 1 aromatic heterocycles. The van der Waals surface area contributed by atoms with E-state index in [1.165, 1.54) is 5.56 Å². The van der Waals surface area contributed by atoms with E-state index in [0.29, 0.717) is 6.54 Å². The van der Waals surface area contributed by atoms with Gasteiger partial charge in [0.15, 0.2) is 0 Å². The Morgan fingerprint density at radius 2 is 2.25 bits per heavy atom. The molecule has 0 aliphatic carbocycles. The summed E-state index contributed by atoms with van der Waals surface area (Å²) in [6, 6.07) is 9.89. The molecule has 1 heterocycles. The van der Waals surface area contributed by atoms with E-state index in [4.69, 9.17) is 17.3 Å². The third-order valence-electron chi connectivity index (χ3n) is 2.35. The van der Waals surface area contributed by atoms with E-state index in [0.717, 1.165) is 10.7 Å². The van der Waals surface area contributed by atoms with Crippen molar-refractivity contribution in [2.24, 2.45) is 5.73 Å². The first kappa shape index (κ1) is 11.5. The second kappa shape index (κ2) is 5.34. The van der Waals surface area contributed by atoms with E-state index in [1.54, 1.807) is 11.3 Å². The van der Waals surface area contributed by atoms with Gasteiger partial charge in [-0.05, 0) is 40.6 Å². The Labute approximate surface area is 104 Å². The van der Waals surface area contributed by atoms with Crippen LogP contribution in [0.2, 0.25) is 5.02 Å². The zero-order valence-electron chi connectivity index (χ0n) is 8.69. The predicted octanol–water partition coefficient (Wildman–Crippen LogP) is 3.51. The van der Waals surface area contributed by atoms with Crippen LogP contribution >= 0.6 is 22.9 Å². The highest BCUT2D eigenvalue weighted by atomic mass is 35.5. The van der Waals surface area contributed by atoms with Crippen LogP contribution in [0, 0.1) is 0 Å². The van der Waals surface area contributed by atoms with Crippen LogP contribution in [0.5, 0.6) is 0 Å². The Morgan fingerprint density at radius 1 is 1.38 bits per heavy atom. The monoisotopic (exact) mass is 252 g/mol. The lowest BCUT2D eigenvalue weighted by molar-refractivity contribution is 0.794. The summed E-state index contributed by atoms with van der Waals surface area (Å²) in [6.45, 7) is 0.559. The minimum atomic E-state index is 0.143. The van der Waals surface area contributed by atoms with E-state index in [-0.39, 0.29) is 6.04 Å². The molecule has 0 amide bonds. The Hall–Kier alpha value is -1.03. The van der Waals surface area contributed by atoms with Gasteiger partial charge in [0.2, 0.25) is 0 Å². The molecule has 0 saturated carbocycles. The Morgan fingerprint density at radius 3 is 2.88 bits per heavy atom. The fourth-order valence-corrected chi connectivity index (χ4v) is 2.44. The number of thiophene rings is 1. The molecule has 0 aliphatic heterocycles. The van der Waals surface area contributed by atoms with Gasteiger partial charge >= 0.3 is 0 Å². The number of halogens is 1. The zero-order chi connectivity index (χ0) is 11.4. The van der Waals surface area contributed by atoms with Gasteiger partial charge in [-0.3, -0.25) is 0 Å². The maximum Gasteiger partial charge on any atom is 0.0644 e. The number of anilines is 1. The Balaban J connectivity index is 2.13. The number of nitrogens with one attached hydrogen (secondary N) is 1. The number of hydrogen-bond acceptors (Lipinski definition) is 3. The fraction of sp³-hybridized carbons (Fsp3) is 0.167. The van der Waals surface area contributed by atoms with Crippen molar-refractivity contribution >= 4 is 28.6 Å². The summed E-state index contributed by atoms with van der Waals surface area (Å²) in [7, 11) is 0. The van der Waals surface area contributed by atoms with Gasteiger partial charge in [0, 0.05) is 17.3 Å². The molecule has 2 aromatic rings. The number of rotatable bonds is 4. The van der Waals surface area contributed by atoms with Gasteiger partial charge in [0.1, 0.15) is 0 Å². The summed E-state index contributed by atoms with van der Waals surface area (Å²) in [5.74, 6) is 0. The fourth-order valence-electron chi connectivity index (χ4n) is 1.53. The molecule has 1 aromatic carbocycles. The first-order chi connectivity index (χ1) is 7.79. The molecule has 0 spiro atoms. The minimum absolute atomic E-state index is 0.143. The van der Waals surface area contributed by atoms with Crippen molar-refractivity contribution in [2.45, 2.75) is 6.04 Å². The van der Waals surface area contributed by atoms with Crippen LogP contribution in [0.25, 0.3) is 0 Å². The Kier molecular flexibility index (Phi) is 3.83. The Bertz CT molecular complexity index is 442. The first-order valence-electron chi connectivity index (χ1n) is 5.04. The number of hydrogen-bond donors (Lipinski definition) is 2. The molecule has 1 unspecified atom stereocenters. The van der Waals surface area contributed by atoms with Crippen molar-refractivity contribution in [3.63, 3.8) is 0 Å². The van der Waals surface area contributed by atoms with Crippen LogP contribution < -0.4 is 11.1 Å². The molecule has 0 radical (unpaired) electrons. The molecule has 3 N–H and O–H groups in total. The quantitative estimate of drug-likeness (QED) is 0.874. The number of benzene rings is 1. The normalized spacial score (nSPS) is 12.4. The summed E-state index contributed by atoms with van der Waals surface area (Å²) < 4.78 is 0. The maximum atomic E-state index is 5.93. The second-order valence-electron chi connectivity index (χ2n) is 3.50. The van der Waals surface area contributed by atoms with Gasteiger partial charge in [-0.15, -0.1) is 0 Å². The third-order valence-corrected chi connectivity index (χ3v) is 3.28. The molecular weight excluding hydrogens is 240 g/mol. The average molecular weight is 253 g/mol. The van der Waals surface area contributed by atoms with Crippen LogP contribution in [-0.2, 0) is 0 Å². The SMILES string of the molecule is NCC(Nc1cccc(Cl)c1)c1ccsc1. The van der Waals surface area contributed by atoms with E-state index >= 15 is 0 Å². The zero-order valence-corrected chi connectivity index (χ0v) is 10.3. The molecule has 0 saturated heterocycles. The summed E-state index contributed by atoms with van der Waals surface area (Å²) in [4.78, 5) is 0. The minimum Gasteiger partial charge on any atom is -0.377 e. The van der Waals surface area contributed by atoms with Crippen LogP contribution in [0.3, 0.4) is 0 Å². The van der Waals surface area contributed by atoms with Gasteiger partial charge in [-0.1, -0.05) is 17.7 Å². The van der Waals surface area contributed by atoms with Crippen molar-refractivity contribution in [1.29, 1.82) is 0 Å². The predicted molar refractivity (Wildman–Crippen MR) is 71.2 cm³/mol. The van der Waals surface area contributed by atoms with Crippen molar-refractivity contribution in [2.75, 3.05) is 11.9 Å². The summed E-state index contributed by atoms with van der Waals surface area (Å²) in [6.07, 6.45) is 0. The summed E-state index contributed by atoms with van der Waals surface area (Å²) in [5.41, 5.74) is 7.97. The van der Waals surface area contributed by atoms with Crippen LogP contribution in [0.4, 0.5) is 5.69 Å². The molecular formula is C12H13ClN2S. The first-order valence-corrected chi connectivity index (χ1v) is 6.36. The lowest BCUT2D eigenvalue weighted by Crippen LogP contribution is -2.19. The molecule has 84 valence electrons. The van der Waals surface area contributed by atoms with E-state index < -0.39 is 0 Å². The van der Waals surface area contributed by atoms with Gasteiger partial charge in [0.05, 0.1) is 6.04 Å². The van der Waals surface area contributed by atoms with Crippen molar-refractivity contribution in [3.05, 3.63) is 51.7 Å². The van der Waals surface area contributed by atoms with E-state index in [9.17, 15) is 0 Å². The molecule has 1 atom stereocenters. The topological polar surface area (TPSA) is 38.0 Å². The average Bonchev–Trinajstić information content (AvgIpc) is 2.79. The van der Waals surface area contributed by atoms with Gasteiger partial charge in [0.25, 0.3) is 0 Å². The van der Waals surface area contributed by atoms with Crippen LogP contribution in [0.15, 0.2) is 41.1 Å². The smallest absolute Gasteiger partial charge is 0.0644 e. The molecule has 4 heteroatoms. The third kappa shape index (κ3) is 2.76. The number of nitrogens with two attached hydrogens (primary N) is 1. The maximum absolute atomic E-state index is 5.93. The van der Waals surface area contributed by atoms with Crippen molar-refractivity contribution < 1.29 is 0 Å². The van der Waals surface area contributed by atoms with E-state index in [2.05, 4.69) is 22.1 Å². The molecule has 2 nitrogen and oxygen atoms in total. The highest BCUT2D eigenvalue weighted by Gasteiger charge is 2.09. The summed E-state index contributed by atoms with van der Waals surface area (Å²) >= 11 is 7.60. The lowest BCUT2D eigenvalue weighted by atomic mass is 10.1. The largest absolute Gasteiger partial charge is 0.377 e. The standard InChI is InChI=1S/C12H13ClN2S/c13-10-2-1-3-11(6-10)15-12(7-14)9-4-5-16-8-9/h1-6,8,12,15H,7,14H2. The second-order valence-corrected chi connectivity index (χ2v) is 4.72. The van der Waals surface area contributed by atoms with Gasteiger partial charge in [-0.2, -0.15) is 11.3 Å².